The van der Waals surface area contributed by atoms with E-state index in [-0.39, 0.29) is 17.1 Å². The van der Waals surface area contributed by atoms with Gasteiger partial charge in [0.25, 0.3) is 0 Å². The van der Waals surface area contributed by atoms with E-state index in [1.807, 2.05) is 78.9 Å². The summed E-state index contributed by atoms with van der Waals surface area (Å²) in [4.78, 5) is 0. The topological polar surface area (TPSA) is 36.9 Å². The van der Waals surface area contributed by atoms with Crippen LogP contribution in [0.25, 0.3) is 0 Å². The van der Waals surface area contributed by atoms with Crippen LogP contribution in [-0.4, -0.2) is 28.4 Å². The Labute approximate surface area is 279 Å². The number of hydrogen-bond donors (Lipinski definition) is 0. The fourth-order valence-electron chi connectivity index (χ4n) is 5.14. The zero-order valence-corrected chi connectivity index (χ0v) is 28.6. The van der Waals surface area contributed by atoms with E-state index in [9.17, 15) is 0 Å². The zero-order chi connectivity index (χ0) is 30.7. The molecule has 6 aromatic carbocycles. The van der Waals surface area contributed by atoms with Gasteiger partial charge in [0.1, 0.15) is 23.0 Å². The molecular formula is C38H36FeO4P2-6. The van der Waals surface area contributed by atoms with Gasteiger partial charge in [-0.15, -0.1) is 10.6 Å². The Kier molecular flexibility index (Phi) is 12.9. The molecule has 0 fully saturated rings. The average Bonchev–Trinajstić information content (AvgIpc) is 3.83. The second-order valence-corrected chi connectivity index (χ2v) is 13.8. The van der Waals surface area contributed by atoms with E-state index in [4.69, 9.17) is 18.9 Å². The zero-order valence-electron chi connectivity index (χ0n) is 25.7. The Hall–Kier alpha value is -3.84. The minimum Gasteiger partial charge on any atom is -0.748 e. The molecule has 0 N–H and O–H groups in total. The molecule has 0 saturated heterocycles. The molecule has 45 heavy (non-hydrogen) atoms. The van der Waals surface area contributed by atoms with Crippen LogP contribution < -0.4 is 50.8 Å². The van der Waals surface area contributed by atoms with Crippen molar-refractivity contribution >= 4 is 47.7 Å². The van der Waals surface area contributed by atoms with E-state index in [0.717, 1.165) is 44.2 Å². The van der Waals surface area contributed by atoms with Crippen LogP contribution in [0, 0.1) is 0 Å². The summed E-state index contributed by atoms with van der Waals surface area (Å²) in [5.74, 6) is 3.45. The molecule has 0 amide bonds. The van der Waals surface area contributed by atoms with Crippen molar-refractivity contribution in [3.63, 3.8) is 0 Å². The number of ether oxygens (including phenoxy) is 4. The van der Waals surface area contributed by atoms with Gasteiger partial charge >= 0.3 is 0 Å². The number of rotatable bonds is 10. The van der Waals surface area contributed by atoms with E-state index in [2.05, 4.69) is 66.7 Å². The Morgan fingerprint density at radius 1 is 0.444 bits per heavy atom. The second-order valence-electron chi connectivity index (χ2n) is 9.62. The molecule has 236 valence electrons. The smallest absolute Gasteiger partial charge is 0.127 e. The van der Waals surface area contributed by atoms with E-state index < -0.39 is 15.8 Å². The molecule has 0 aliphatic rings. The number of benzene rings is 4. The van der Waals surface area contributed by atoms with Crippen LogP contribution in [0.3, 0.4) is 0 Å². The maximum absolute atomic E-state index is 5.90. The van der Waals surface area contributed by atoms with E-state index in [1.165, 1.54) is 10.6 Å². The summed E-state index contributed by atoms with van der Waals surface area (Å²) in [6.07, 6.45) is 0. The number of hydrogen-bond acceptors (Lipinski definition) is 4. The fraction of sp³-hybridized carbons (Fsp3) is 0.105. The van der Waals surface area contributed by atoms with Gasteiger partial charge in [0.05, 0.1) is 28.4 Å². The molecule has 0 aliphatic heterocycles. The molecule has 4 nitrogen and oxygen atoms in total. The first-order valence-corrected chi connectivity index (χ1v) is 16.9. The van der Waals surface area contributed by atoms with Crippen LogP contribution in [0.5, 0.6) is 23.0 Å². The predicted octanol–water partition coefficient (Wildman–Crippen LogP) is 6.36. The monoisotopic (exact) mass is 674 g/mol. The van der Waals surface area contributed by atoms with Gasteiger partial charge in [-0.1, -0.05) is 80.7 Å². The quantitative estimate of drug-likeness (QED) is 0.0964. The van der Waals surface area contributed by atoms with Crippen LogP contribution in [0.4, 0.5) is 0 Å². The third-order valence-corrected chi connectivity index (χ3v) is 12.4. The van der Waals surface area contributed by atoms with Gasteiger partial charge in [0.15, 0.2) is 0 Å². The third kappa shape index (κ3) is 7.70. The first kappa shape index (κ1) is 34.0. The van der Waals surface area contributed by atoms with E-state index in [1.54, 1.807) is 28.4 Å². The molecule has 0 radical (unpaired) electrons. The van der Waals surface area contributed by atoms with Crippen molar-refractivity contribution in [2.45, 2.75) is 0 Å². The molecule has 0 aliphatic carbocycles. The minimum atomic E-state index is -1.04. The van der Waals surface area contributed by atoms with Gasteiger partial charge in [-0.3, -0.25) is 0 Å². The van der Waals surface area contributed by atoms with Gasteiger partial charge in [-0.25, -0.2) is 12.1 Å². The summed E-state index contributed by atoms with van der Waals surface area (Å²) < 4.78 is 23.6. The Balaban J connectivity index is 0.000000700. The Morgan fingerprint density at radius 2 is 0.778 bits per heavy atom. The summed E-state index contributed by atoms with van der Waals surface area (Å²) in [7, 11) is 4.85. The maximum Gasteiger partial charge on any atom is 0.127 e. The molecule has 0 spiro atoms. The van der Waals surface area contributed by atoms with Gasteiger partial charge < -0.3 is 49.3 Å². The summed E-state index contributed by atoms with van der Waals surface area (Å²) >= 11 is 0. The molecule has 0 heterocycles. The van der Waals surface area contributed by atoms with Crippen LogP contribution in [0.1, 0.15) is 0 Å². The molecule has 0 saturated carbocycles. The maximum atomic E-state index is 5.90. The molecule has 0 atom stereocenters. The first-order valence-electron chi connectivity index (χ1n) is 14.3. The summed E-state index contributed by atoms with van der Waals surface area (Å²) in [5, 5.41) is 7.07. The van der Waals surface area contributed by atoms with Crippen LogP contribution in [0.15, 0.2) is 146 Å². The van der Waals surface area contributed by atoms with Crippen molar-refractivity contribution in [2.24, 2.45) is 0 Å². The molecule has 6 aromatic rings. The summed E-state index contributed by atoms with van der Waals surface area (Å²) in [6.45, 7) is 0. The largest absolute Gasteiger partial charge is 0.748 e. The van der Waals surface area contributed by atoms with E-state index in [0.29, 0.717) is 0 Å². The van der Waals surface area contributed by atoms with Gasteiger partial charge in [-0.2, -0.15) is 6.07 Å². The van der Waals surface area contributed by atoms with Gasteiger partial charge in [0, 0.05) is 38.3 Å². The minimum absolute atomic E-state index is 0. The molecular weight excluding hydrogens is 638 g/mol. The first-order chi connectivity index (χ1) is 21.7. The summed E-state index contributed by atoms with van der Waals surface area (Å²) in [5.41, 5.74) is 0. The van der Waals surface area contributed by atoms with Crippen molar-refractivity contribution in [3.05, 3.63) is 146 Å². The molecule has 0 bridgehead atoms. The number of para-hydroxylation sites is 4. The average molecular weight is 674 g/mol. The van der Waals surface area contributed by atoms with Gasteiger partial charge in [-0.05, 0) is 32.2 Å². The molecule has 7 heteroatoms. The standard InChI is InChI=1S/C33H31O4P2.C5H5.Fe/c1-34-24-14-5-9-18-28(24)38(29-19-10-6-15-25(29)35-2)32-22-13-23-33(32)39(30-20-11-7-16-26(30)36-3)31-21-12-8-17-27(31)37-4;1-2-4-5-3-1;/h5-23H,1-4H3;1-5H;/q-1;-5;. The Bertz CT molecular complexity index is 1520. The Morgan fingerprint density at radius 3 is 1.16 bits per heavy atom. The van der Waals surface area contributed by atoms with Crippen molar-refractivity contribution in [1.82, 2.24) is 0 Å². The SMILES string of the molecule is COc1ccccc1P(c1ccccc1OC)c1ccc[c-]1P(c1ccccc1OC)c1ccccc1OC.[Fe].[cH-]1[cH-][cH-][cH-][cH-]1. The fourth-order valence-corrected chi connectivity index (χ4v) is 10.9. The van der Waals surface area contributed by atoms with Gasteiger partial charge in [0.2, 0.25) is 0 Å². The van der Waals surface area contributed by atoms with E-state index >= 15 is 0 Å². The molecule has 0 aromatic heterocycles. The summed E-state index contributed by atoms with van der Waals surface area (Å²) in [6, 6.07) is 49.8. The van der Waals surface area contributed by atoms with Crippen molar-refractivity contribution in [3.8, 4) is 23.0 Å². The van der Waals surface area contributed by atoms with Crippen molar-refractivity contribution in [2.75, 3.05) is 28.4 Å². The predicted molar refractivity (Wildman–Crippen MR) is 188 cm³/mol. The molecule has 0 unspecified atom stereocenters. The normalized spacial score (nSPS) is 10.4. The van der Waals surface area contributed by atoms with Crippen molar-refractivity contribution in [1.29, 1.82) is 0 Å². The number of methoxy groups -OCH3 is 4. The third-order valence-electron chi connectivity index (χ3n) is 7.11. The second kappa shape index (κ2) is 17.0. The molecule has 6 rings (SSSR count). The van der Waals surface area contributed by atoms with Crippen LogP contribution in [-0.2, 0) is 17.1 Å². The van der Waals surface area contributed by atoms with Crippen molar-refractivity contribution < 1.29 is 36.0 Å². The van der Waals surface area contributed by atoms with Crippen LogP contribution in [0.2, 0.25) is 0 Å². The van der Waals surface area contributed by atoms with Crippen LogP contribution >= 0.6 is 15.8 Å².